The Hall–Kier alpha value is -1.75. The maximum Gasteiger partial charge on any atom is 0.266 e. The van der Waals surface area contributed by atoms with Crippen LogP contribution in [0.25, 0.3) is 10.7 Å². The molecule has 0 N–H and O–H groups in total. The van der Waals surface area contributed by atoms with Gasteiger partial charge in [-0.1, -0.05) is 13.3 Å². The van der Waals surface area contributed by atoms with Crippen LogP contribution in [0.2, 0.25) is 0 Å². The molecule has 2 fully saturated rings. The van der Waals surface area contributed by atoms with Crippen molar-refractivity contribution in [3.63, 3.8) is 0 Å². The Bertz CT molecular complexity index is 1100. The zero-order chi connectivity index (χ0) is 23.0. The van der Waals surface area contributed by atoms with Crippen molar-refractivity contribution in [3.8, 4) is 10.7 Å². The molecule has 1 atom stereocenters. The largest absolute Gasteiger partial charge is 0.378 e. The van der Waals surface area contributed by atoms with Crippen LogP contribution in [0.1, 0.15) is 53.7 Å². The number of carbonyl (C=O) groups is 1. The van der Waals surface area contributed by atoms with Crippen LogP contribution in [0.3, 0.4) is 0 Å². The van der Waals surface area contributed by atoms with E-state index in [2.05, 4.69) is 4.98 Å². The summed E-state index contributed by atoms with van der Waals surface area (Å²) in [5.74, 6) is -0.0348. The Morgan fingerprint density at radius 2 is 1.94 bits per heavy atom. The van der Waals surface area contributed by atoms with E-state index in [0.717, 1.165) is 31.4 Å². The minimum atomic E-state index is -3.60. The molecule has 0 saturated carbocycles. The van der Waals surface area contributed by atoms with Gasteiger partial charge in [0.25, 0.3) is 5.91 Å². The van der Waals surface area contributed by atoms with E-state index in [-0.39, 0.29) is 11.9 Å². The molecule has 2 aromatic rings. The van der Waals surface area contributed by atoms with Gasteiger partial charge in [0.15, 0.2) is 0 Å². The molecule has 1 amide bonds. The number of hydrogen-bond donors (Lipinski definition) is 0. The second-order valence-corrected chi connectivity index (χ2v) is 11.4. The third-order valence-electron chi connectivity index (χ3n) is 6.63. The van der Waals surface area contributed by atoms with Crippen LogP contribution in [-0.4, -0.2) is 72.0 Å². The van der Waals surface area contributed by atoms with E-state index < -0.39 is 10.0 Å². The summed E-state index contributed by atoms with van der Waals surface area (Å²) >= 11 is 1.33. The summed E-state index contributed by atoms with van der Waals surface area (Å²) in [5.41, 5.74) is 2.08. The Kier molecular flexibility index (Phi) is 6.76. The second kappa shape index (κ2) is 9.24. The van der Waals surface area contributed by atoms with E-state index in [0.29, 0.717) is 59.0 Å². The van der Waals surface area contributed by atoms with Crippen LogP contribution in [0.4, 0.5) is 0 Å². The number of nitrogens with zero attached hydrogens (tertiary/aromatic N) is 4. The highest BCUT2D eigenvalue weighted by molar-refractivity contribution is 7.89. The summed E-state index contributed by atoms with van der Waals surface area (Å²) in [6.07, 6.45) is 3.69. The van der Waals surface area contributed by atoms with Crippen LogP contribution in [0.15, 0.2) is 11.0 Å². The summed E-state index contributed by atoms with van der Waals surface area (Å²) in [6.45, 7) is 8.53. The van der Waals surface area contributed by atoms with Gasteiger partial charge >= 0.3 is 0 Å². The summed E-state index contributed by atoms with van der Waals surface area (Å²) in [7, 11) is -1.74. The minimum Gasteiger partial charge on any atom is -0.378 e. The first-order chi connectivity index (χ1) is 15.3. The van der Waals surface area contributed by atoms with E-state index in [1.807, 2.05) is 32.4 Å². The molecule has 8 nitrogen and oxygen atoms in total. The molecule has 10 heteroatoms. The molecular formula is C22H32N4O4S2. The molecule has 0 aliphatic carbocycles. The van der Waals surface area contributed by atoms with Gasteiger partial charge in [-0.15, -0.1) is 11.3 Å². The van der Waals surface area contributed by atoms with Crippen LogP contribution < -0.4 is 0 Å². The van der Waals surface area contributed by atoms with Gasteiger partial charge in [0, 0.05) is 38.4 Å². The van der Waals surface area contributed by atoms with Gasteiger partial charge in [-0.05, 0) is 39.2 Å². The first kappa shape index (κ1) is 23.4. The third kappa shape index (κ3) is 4.13. The number of rotatable bonds is 5. The number of thiazole rings is 1. The average Bonchev–Trinajstić information content (AvgIpc) is 3.33. The molecule has 2 aliphatic rings. The van der Waals surface area contributed by atoms with Gasteiger partial charge in [0.1, 0.15) is 14.8 Å². The fraction of sp³-hybridized carbons (Fsp3) is 0.636. The molecule has 176 valence electrons. The van der Waals surface area contributed by atoms with Crippen LogP contribution in [-0.2, 0) is 21.8 Å². The molecule has 0 radical (unpaired) electrons. The van der Waals surface area contributed by atoms with Gasteiger partial charge in [0.2, 0.25) is 10.0 Å². The van der Waals surface area contributed by atoms with Crippen molar-refractivity contribution in [3.05, 3.63) is 22.3 Å². The lowest BCUT2D eigenvalue weighted by atomic mass is 10.0. The van der Waals surface area contributed by atoms with Crippen LogP contribution >= 0.6 is 11.3 Å². The van der Waals surface area contributed by atoms with Crippen molar-refractivity contribution in [2.24, 2.45) is 7.05 Å². The minimum absolute atomic E-state index is 0.0348. The molecule has 1 unspecified atom stereocenters. The van der Waals surface area contributed by atoms with Crippen molar-refractivity contribution >= 4 is 27.3 Å². The Labute approximate surface area is 194 Å². The molecule has 2 saturated heterocycles. The number of aromatic nitrogens is 2. The van der Waals surface area contributed by atoms with Crippen molar-refractivity contribution in [2.75, 3.05) is 32.8 Å². The summed E-state index contributed by atoms with van der Waals surface area (Å²) in [4.78, 5) is 20.4. The highest BCUT2D eigenvalue weighted by Crippen LogP contribution is 2.35. The maximum absolute atomic E-state index is 13.6. The Balaban J connectivity index is 1.68. The smallest absolute Gasteiger partial charge is 0.266 e. The lowest BCUT2D eigenvalue weighted by Gasteiger charge is -2.34. The number of ether oxygens (including phenoxy) is 1. The Morgan fingerprint density at radius 1 is 1.22 bits per heavy atom. The molecule has 4 rings (SSSR count). The molecule has 2 aliphatic heterocycles. The predicted molar refractivity (Wildman–Crippen MR) is 125 cm³/mol. The van der Waals surface area contributed by atoms with Gasteiger partial charge in [0.05, 0.1) is 24.6 Å². The lowest BCUT2D eigenvalue weighted by molar-refractivity contribution is 0.0305. The van der Waals surface area contributed by atoms with Crippen LogP contribution in [0.5, 0.6) is 0 Å². The Morgan fingerprint density at radius 3 is 2.62 bits per heavy atom. The number of amides is 1. The van der Waals surface area contributed by atoms with Crippen molar-refractivity contribution in [1.29, 1.82) is 0 Å². The standard InChI is InChI=1S/C22H32N4O4S2/c1-5-17-8-6-7-9-26(17)32(28,29)19-14-18(24(4)16(19)3)21-23-15(2)20(31-21)22(27)25-10-12-30-13-11-25/h14,17H,5-13H2,1-4H3. The first-order valence-corrected chi connectivity index (χ1v) is 13.5. The highest BCUT2D eigenvalue weighted by Gasteiger charge is 2.35. The van der Waals surface area contributed by atoms with Gasteiger partial charge in [-0.2, -0.15) is 4.31 Å². The SMILES string of the molecule is CCC1CCCCN1S(=O)(=O)c1cc(-c2nc(C)c(C(=O)N3CCOCC3)s2)n(C)c1C. The molecular weight excluding hydrogens is 448 g/mol. The topological polar surface area (TPSA) is 84.7 Å². The second-order valence-electron chi connectivity index (χ2n) is 8.55. The fourth-order valence-corrected chi connectivity index (χ4v) is 7.70. The monoisotopic (exact) mass is 480 g/mol. The number of sulfonamides is 1. The first-order valence-electron chi connectivity index (χ1n) is 11.3. The molecule has 0 spiro atoms. The average molecular weight is 481 g/mol. The number of morpholine rings is 1. The maximum atomic E-state index is 13.6. The van der Waals surface area contributed by atoms with E-state index in [1.165, 1.54) is 11.3 Å². The van der Waals surface area contributed by atoms with Crippen LogP contribution in [0, 0.1) is 13.8 Å². The zero-order valence-corrected chi connectivity index (χ0v) is 20.9. The normalized spacial score (nSPS) is 20.6. The zero-order valence-electron chi connectivity index (χ0n) is 19.3. The van der Waals surface area contributed by atoms with E-state index in [1.54, 1.807) is 15.3 Å². The van der Waals surface area contributed by atoms with E-state index in [9.17, 15) is 13.2 Å². The summed E-state index contributed by atoms with van der Waals surface area (Å²) < 4.78 is 36.1. The molecule has 32 heavy (non-hydrogen) atoms. The fourth-order valence-electron chi connectivity index (χ4n) is 4.58. The number of hydrogen-bond acceptors (Lipinski definition) is 6. The van der Waals surface area contributed by atoms with Crippen molar-refractivity contribution in [2.45, 2.75) is 57.4 Å². The number of aryl methyl sites for hydroxylation is 1. The molecule has 0 bridgehead atoms. The number of piperidine rings is 1. The molecule has 4 heterocycles. The van der Waals surface area contributed by atoms with E-state index in [4.69, 9.17) is 4.74 Å². The molecule has 2 aromatic heterocycles. The van der Waals surface area contributed by atoms with Gasteiger partial charge in [-0.25, -0.2) is 13.4 Å². The molecule has 0 aromatic carbocycles. The predicted octanol–water partition coefficient (Wildman–Crippen LogP) is 3.19. The summed E-state index contributed by atoms with van der Waals surface area (Å²) in [6, 6.07) is 1.78. The quantitative estimate of drug-likeness (QED) is 0.656. The lowest BCUT2D eigenvalue weighted by Crippen LogP contribution is -2.43. The summed E-state index contributed by atoms with van der Waals surface area (Å²) in [5, 5.41) is 0.664. The van der Waals surface area contributed by atoms with Crippen molar-refractivity contribution < 1.29 is 17.9 Å². The van der Waals surface area contributed by atoms with Gasteiger partial charge < -0.3 is 14.2 Å². The number of carbonyl (C=O) groups excluding carboxylic acids is 1. The van der Waals surface area contributed by atoms with Gasteiger partial charge in [-0.3, -0.25) is 4.79 Å². The highest BCUT2D eigenvalue weighted by atomic mass is 32.2. The van der Waals surface area contributed by atoms with E-state index >= 15 is 0 Å². The van der Waals surface area contributed by atoms with Crippen molar-refractivity contribution in [1.82, 2.24) is 18.8 Å². The third-order valence-corrected chi connectivity index (χ3v) is 9.86.